The fraction of sp³-hybridized carbons (Fsp3) is 0.423. The van der Waals surface area contributed by atoms with Gasteiger partial charge in [-0.15, -0.1) is 0 Å². The summed E-state index contributed by atoms with van der Waals surface area (Å²) in [5, 5.41) is 4.01. The first kappa shape index (κ1) is 32.0. The summed E-state index contributed by atoms with van der Waals surface area (Å²) in [5.74, 6) is -12.1. The molecule has 1 unspecified atom stereocenters. The van der Waals surface area contributed by atoms with E-state index in [1.165, 1.54) is 19.9 Å². The van der Waals surface area contributed by atoms with Crippen molar-refractivity contribution in [3.05, 3.63) is 65.2 Å². The average Bonchev–Trinajstić information content (AvgIpc) is 2.85. The molecule has 4 N–H and O–H groups in total. The lowest BCUT2D eigenvalue weighted by molar-refractivity contribution is -0.167. The first-order chi connectivity index (χ1) is 18.1. The van der Waals surface area contributed by atoms with Crippen LogP contribution in [0.5, 0.6) is 5.75 Å². The molecule has 2 rings (SSSR count). The molecule has 0 saturated heterocycles. The van der Waals surface area contributed by atoms with Gasteiger partial charge in [-0.1, -0.05) is 61.8 Å². The zero-order valence-electron chi connectivity index (χ0n) is 21.1. The summed E-state index contributed by atoms with van der Waals surface area (Å²) in [4.78, 5) is 37.5. The van der Waals surface area contributed by atoms with Gasteiger partial charge >= 0.3 is 12.1 Å². The highest BCUT2D eigenvalue weighted by atomic mass is 35.5. The molecule has 0 aliphatic heterocycles. The number of hydrogen-bond acceptors (Lipinski definition) is 5. The van der Waals surface area contributed by atoms with Crippen molar-refractivity contribution in [1.29, 1.82) is 0 Å². The molecular weight excluding hydrogens is 549 g/mol. The van der Waals surface area contributed by atoms with Gasteiger partial charge in [-0.05, 0) is 36.1 Å². The van der Waals surface area contributed by atoms with Gasteiger partial charge in [0.05, 0.1) is 0 Å². The number of amides is 2. The maximum absolute atomic E-state index is 14.7. The lowest BCUT2D eigenvalue weighted by atomic mass is 9.78. The molecule has 214 valence electrons. The van der Waals surface area contributed by atoms with E-state index in [1.54, 1.807) is 48.5 Å². The molecule has 0 radical (unpaired) electrons. The van der Waals surface area contributed by atoms with Gasteiger partial charge in [0, 0.05) is 23.0 Å². The highest BCUT2D eigenvalue weighted by Crippen LogP contribution is 2.29. The van der Waals surface area contributed by atoms with Crippen LogP contribution in [0.3, 0.4) is 0 Å². The molecule has 39 heavy (non-hydrogen) atoms. The minimum atomic E-state index is -4.96. The standard InChI is InChI=1S/C26H29ClF5N3O4/c1-15(2)21(23(37)26(31,32)24(38)34-14-25(28,29)30)22(33)19(11-16-7-4-3-5-8-16)35-20(36)13-39-18-10-6-9-17(27)12-18/h3-10,12,15,19,21-22H,11,13-14,33H2,1-2H3,(H,34,38)(H,35,36)/t19-,21-,22?/m0/s1. The lowest BCUT2D eigenvalue weighted by Gasteiger charge is -2.34. The van der Waals surface area contributed by atoms with Crippen molar-refractivity contribution in [2.24, 2.45) is 17.6 Å². The Morgan fingerprint density at radius 1 is 1.00 bits per heavy atom. The highest BCUT2D eigenvalue weighted by Gasteiger charge is 2.53. The Morgan fingerprint density at radius 2 is 1.64 bits per heavy atom. The van der Waals surface area contributed by atoms with Crippen LogP contribution >= 0.6 is 11.6 Å². The number of Topliss-reactive ketones (excluding diaryl/α,β-unsaturated/α-hetero) is 1. The topological polar surface area (TPSA) is 111 Å². The summed E-state index contributed by atoms with van der Waals surface area (Å²) >= 11 is 5.90. The van der Waals surface area contributed by atoms with Gasteiger partial charge in [0.15, 0.2) is 6.61 Å². The van der Waals surface area contributed by atoms with Crippen LogP contribution in [0.1, 0.15) is 19.4 Å². The van der Waals surface area contributed by atoms with Crippen LogP contribution in [0.2, 0.25) is 5.02 Å². The van der Waals surface area contributed by atoms with Crippen LogP contribution in [0.4, 0.5) is 22.0 Å². The molecule has 0 spiro atoms. The molecule has 2 aromatic carbocycles. The predicted octanol–water partition coefficient (Wildman–Crippen LogP) is 3.93. The summed E-state index contributed by atoms with van der Waals surface area (Å²) < 4.78 is 72.2. The number of ketones is 1. The third-order valence-corrected chi connectivity index (χ3v) is 5.99. The van der Waals surface area contributed by atoms with Crippen LogP contribution in [0.15, 0.2) is 54.6 Å². The third kappa shape index (κ3) is 9.77. The summed E-state index contributed by atoms with van der Waals surface area (Å²) in [5.41, 5.74) is 6.94. The summed E-state index contributed by atoms with van der Waals surface area (Å²) in [7, 11) is 0. The number of benzene rings is 2. The van der Waals surface area contributed by atoms with E-state index in [-0.39, 0.29) is 6.42 Å². The van der Waals surface area contributed by atoms with Crippen LogP contribution in [-0.2, 0) is 20.8 Å². The van der Waals surface area contributed by atoms with Crippen molar-refractivity contribution in [3.63, 3.8) is 0 Å². The number of nitrogens with one attached hydrogen (secondary N) is 2. The fourth-order valence-corrected chi connectivity index (χ4v) is 4.07. The van der Waals surface area contributed by atoms with E-state index in [1.807, 2.05) is 0 Å². The SMILES string of the molecule is CC(C)[C@H](C(=O)C(F)(F)C(=O)NCC(F)(F)F)C(N)[C@H](Cc1ccccc1)NC(=O)COc1cccc(Cl)c1. The normalized spacial score (nSPS) is 14.3. The second-order valence-corrected chi connectivity index (χ2v) is 9.63. The maximum atomic E-state index is 14.7. The number of carbonyl (C=O) groups is 3. The lowest BCUT2D eigenvalue weighted by Crippen LogP contribution is -2.60. The van der Waals surface area contributed by atoms with E-state index in [0.717, 1.165) is 5.32 Å². The number of rotatable bonds is 13. The van der Waals surface area contributed by atoms with Gasteiger partial charge < -0.3 is 21.1 Å². The molecule has 13 heteroatoms. The quantitative estimate of drug-likeness (QED) is 0.247. The van der Waals surface area contributed by atoms with Gasteiger partial charge in [-0.2, -0.15) is 22.0 Å². The van der Waals surface area contributed by atoms with E-state index in [4.69, 9.17) is 22.1 Å². The van der Waals surface area contributed by atoms with Gasteiger partial charge in [0.2, 0.25) is 5.78 Å². The zero-order chi connectivity index (χ0) is 29.4. The van der Waals surface area contributed by atoms with Crippen molar-refractivity contribution < 1.29 is 41.1 Å². The van der Waals surface area contributed by atoms with Gasteiger partial charge in [-0.3, -0.25) is 14.4 Å². The van der Waals surface area contributed by atoms with E-state index >= 15 is 0 Å². The van der Waals surface area contributed by atoms with Crippen molar-refractivity contribution >= 4 is 29.2 Å². The van der Waals surface area contributed by atoms with Crippen molar-refractivity contribution in [1.82, 2.24) is 10.6 Å². The molecule has 0 saturated carbocycles. The molecule has 0 fully saturated rings. The summed E-state index contributed by atoms with van der Waals surface area (Å²) in [6.07, 6.45) is -4.94. The van der Waals surface area contributed by atoms with Crippen LogP contribution < -0.4 is 21.1 Å². The number of alkyl halides is 5. The number of carbonyl (C=O) groups excluding carboxylic acids is 3. The van der Waals surface area contributed by atoms with Gasteiger partial charge in [0.1, 0.15) is 12.3 Å². The maximum Gasteiger partial charge on any atom is 0.405 e. The molecule has 0 bridgehead atoms. The molecule has 0 aliphatic rings. The molecular formula is C26H29ClF5N3O4. The highest BCUT2D eigenvalue weighted by molar-refractivity contribution is 6.30. The molecule has 0 heterocycles. The van der Waals surface area contributed by atoms with Crippen LogP contribution in [-0.4, -0.2) is 54.9 Å². The Bertz CT molecular complexity index is 1130. The number of halogens is 6. The molecule has 3 atom stereocenters. The monoisotopic (exact) mass is 577 g/mol. The van der Waals surface area contributed by atoms with Crippen molar-refractivity contribution in [3.8, 4) is 5.75 Å². The Kier molecular flexibility index (Phi) is 11.2. The van der Waals surface area contributed by atoms with Crippen LogP contribution in [0.25, 0.3) is 0 Å². The van der Waals surface area contributed by atoms with E-state index < -0.39 is 66.8 Å². The van der Waals surface area contributed by atoms with Crippen LogP contribution in [0, 0.1) is 11.8 Å². The smallest absolute Gasteiger partial charge is 0.405 e. The Balaban J connectivity index is 2.27. The first-order valence-corrected chi connectivity index (χ1v) is 12.2. The van der Waals surface area contributed by atoms with Gasteiger partial charge in [0.25, 0.3) is 11.8 Å². The zero-order valence-corrected chi connectivity index (χ0v) is 21.9. The Labute approximate surface area is 227 Å². The van der Waals surface area contributed by atoms with Gasteiger partial charge in [-0.25, -0.2) is 0 Å². The van der Waals surface area contributed by atoms with E-state index in [9.17, 15) is 36.3 Å². The number of nitrogens with two attached hydrogens (primary N) is 1. The van der Waals surface area contributed by atoms with E-state index in [0.29, 0.717) is 16.3 Å². The fourth-order valence-electron chi connectivity index (χ4n) is 3.89. The number of ether oxygens (including phenoxy) is 1. The second kappa shape index (κ2) is 13.7. The Morgan fingerprint density at radius 3 is 2.21 bits per heavy atom. The summed E-state index contributed by atoms with van der Waals surface area (Å²) in [6.45, 7) is 0.270. The summed E-state index contributed by atoms with van der Waals surface area (Å²) in [6, 6.07) is 12.2. The van der Waals surface area contributed by atoms with E-state index in [2.05, 4.69) is 5.32 Å². The minimum absolute atomic E-state index is 0.0211. The largest absolute Gasteiger partial charge is 0.484 e. The molecule has 0 aliphatic carbocycles. The Hall–Kier alpha value is -3.25. The van der Waals surface area contributed by atoms with Crippen molar-refractivity contribution in [2.45, 2.75) is 44.5 Å². The van der Waals surface area contributed by atoms with Crippen molar-refractivity contribution in [2.75, 3.05) is 13.2 Å². The molecule has 7 nitrogen and oxygen atoms in total. The second-order valence-electron chi connectivity index (χ2n) is 9.19. The first-order valence-electron chi connectivity index (χ1n) is 11.9. The predicted molar refractivity (Wildman–Crippen MR) is 134 cm³/mol. The minimum Gasteiger partial charge on any atom is -0.484 e. The number of hydrogen-bond donors (Lipinski definition) is 3. The molecule has 2 aromatic rings. The average molecular weight is 578 g/mol. The molecule has 0 aromatic heterocycles. The molecule has 2 amide bonds. The third-order valence-electron chi connectivity index (χ3n) is 5.76.